The summed E-state index contributed by atoms with van der Waals surface area (Å²) >= 11 is 5.78. The molecule has 0 saturated heterocycles. The van der Waals surface area contributed by atoms with Crippen LogP contribution in [0.4, 0.5) is 0 Å². The molecule has 0 aliphatic heterocycles. The van der Waals surface area contributed by atoms with Crippen LogP contribution in [0.2, 0.25) is 5.02 Å². The molecule has 0 radical (unpaired) electrons. The van der Waals surface area contributed by atoms with E-state index in [4.69, 9.17) is 21.1 Å². The third-order valence-electron chi connectivity index (χ3n) is 2.93. The number of nitrogens with one attached hydrogen (secondary N) is 1. The molecule has 20 heavy (non-hydrogen) atoms. The fourth-order valence-corrected chi connectivity index (χ4v) is 1.64. The number of aliphatic hydroxyl groups excluding tert-OH is 1. The van der Waals surface area contributed by atoms with E-state index < -0.39 is 6.10 Å². The number of rotatable bonds is 10. The van der Waals surface area contributed by atoms with E-state index in [2.05, 4.69) is 19.2 Å². The first kappa shape index (κ1) is 17.2. The van der Waals surface area contributed by atoms with Crippen LogP contribution < -0.4 is 10.1 Å². The second-order valence-corrected chi connectivity index (χ2v) is 5.19. The summed E-state index contributed by atoms with van der Waals surface area (Å²) in [4.78, 5) is 0. The van der Waals surface area contributed by atoms with Crippen molar-refractivity contribution < 1.29 is 14.6 Å². The molecule has 0 amide bonds. The first-order chi connectivity index (χ1) is 9.61. The Bertz CT molecular complexity index is 359. The zero-order chi connectivity index (χ0) is 14.8. The lowest BCUT2D eigenvalue weighted by Gasteiger charge is -2.16. The Morgan fingerprint density at radius 3 is 2.60 bits per heavy atom. The van der Waals surface area contributed by atoms with Crippen molar-refractivity contribution in [3.05, 3.63) is 29.3 Å². The van der Waals surface area contributed by atoms with Crippen LogP contribution in [0.3, 0.4) is 0 Å². The molecule has 0 aromatic heterocycles. The Morgan fingerprint density at radius 2 is 1.95 bits per heavy atom. The van der Waals surface area contributed by atoms with Crippen molar-refractivity contribution in [3.63, 3.8) is 0 Å². The summed E-state index contributed by atoms with van der Waals surface area (Å²) in [6.45, 7) is 5.96. The van der Waals surface area contributed by atoms with Crippen LogP contribution in [0.5, 0.6) is 5.75 Å². The molecule has 0 aliphatic carbocycles. The van der Waals surface area contributed by atoms with Crippen LogP contribution in [0.25, 0.3) is 0 Å². The van der Waals surface area contributed by atoms with Gasteiger partial charge in [-0.15, -0.1) is 0 Å². The molecule has 0 heterocycles. The van der Waals surface area contributed by atoms with E-state index in [0.717, 1.165) is 12.2 Å². The van der Waals surface area contributed by atoms with E-state index in [1.54, 1.807) is 12.1 Å². The van der Waals surface area contributed by atoms with E-state index in [1.165, 1.54) is 0 Å². The highest BCUT2D eigenvalue weighted by atomic mass is 35.5. The molecule has 2 atom stereocenters. The van der Waals surface area contributed by atoms with Gasteiger partial charge in [-0.2, -0.15) is 0 Å². The molecule has 0 saturated carbocycles. The van der Waals surface area contributed by atoms with E-state index in [-0.39, 0.29) is 0 Å². The Kier molecular flexibility index (Phi) is 8.62. The van der Waals surface area contributed by atoms with Crippen molar-refractivity contribution in [2.24, 2.45) is 0 Å². The summed E-state index contributed by atoms with van der Waals surface area (Å²) < 4.78 is 10.8. The van der Waals surface area contributed by atoms with Crippen LogP contribution in [-0.4, -0.2) is 43.6 Å². The lowest BCUT2D eigenvalue weighted by atomic mass is 10.2. The number of hydrogen-bond donors (Lipinski definition) is 2. The van der Waals surface area contributed by atoms with Crippen molar-refractivity contribution in [1.82, 2.24) is 5.32 Å². The first-order valence-corrected chi connectivity index (χ1v) is 7.37. The smallest absolute Gasteiger partial charge is 0.119 e. The molecule has 1 aromatic rings. The van der Waals surface area contributed by atoms with Gasteiger partial charge in [0.2, 0.25) is 0 Å². The standard InChI is InChI=1S/C15H24ClNO3/c1-3-12(2)17-10-14(18)11-19-8-9-20-15-6-4-13(16)5-7-15/h4-7,12,14,17-18H,3,8-11H2,1-2H3/t12-,14-/m1/s1. The van der Waals surface area contributed by atoms with Crippen molar-refractivity contribution in [2.75, 3.05) is 26.4 Å². The minimum Gasteiger partial charge on any atom is -0.491 e. The van der Waals surface area contributed by atoms with Crippen molar-refractivity contribution in [3.8, 4) is 5.75 Å². The second-order valence-electron chi connectivity index (χ2n) is 4.75. The molecule has 0 bridgehead atoms. The van der Waals surface area contributed by atoms with Gasteiger partial charge in [0.25, 0.3) is 0 Å². The first-order valence-electron chi connectivity index (χ1n) is 6.99. The predicted molar refractivity (Wildman–Crippen MR) is 81.5 cm³/mol. The van der Waals surface area contributed by atoms with Crippen LogP contribution in [0.15, 0.2) is 24.3 Å². The Labute approximate surface area is 126 Å². The summed E-state index contributed by atoms with van der Waals surface area (Å²) in [6.07, 6.45) is 0.558. The molecular formula is C15H24ClNO3. The van der Waals surface area contributed by atoms with Gasteiger partial charge < -0.3 is 19.9 Å². The fraction of sp³-hybridized carbons (Fsp3) is 0.600. The maximum Gasteiger partial charge on any atom is 0.119 e. The monoisotopic (exact) mass is 301 g/mol. The Morgan fingerprint density at radius 1 is 1.25 bits per heavy atom. The summed E-state index contributed by atoms with van der Waals surface area (Å²) in [6, 6.07) is 7.60. The van der Waals surface area contributed by atoms with Crippen LogP contribution in [-0.2, 0) is 4.74 Å². The highest BCUT2D eigenvalue weighted by Gasteiger charge is 2.06. The molecule has 4 nitrogen and oxygen atoms in total. The fourth-order valence-electron chi connectivity index (χ4n) is 1.51. The average molecular weight is 302 g/mol. The molecule has 0 unspecified atom stereocenters. The zero-order valence-electron chi connectivity index (χ0n) is 12.1. The maximum atomic E-state index is 9.70. The second kappa shape index (κ2) is 10.00. The largest absolute Gasteiger partial charge is 0.491 e. The van der Waals surface area contributed by atoms with Gasteiger partial charge in [-0.3, -0.25) is 0 Å². The maximum absolute atomic E-state index is 9.70. The highest BCUT2D eigenvalue weighted by molar-refractivity contribution is 6.30. The Balaban J connectivity index is 2.02. The molecule has 0 aliphatic rings. The highest BCUT2D eigenvalue weighted by Crippen LogP contribution is 2.15. The van der Waals surface area contributed by atoms with Crippen LogP contribution in [0, 0.1) is 0 Å². The molecule has 114 valence electrons. The van der Waals surface area contributed by atoms with Gasteiger partial charge in [0.1, 0.15) is 12.4 Å². The lowest BCUT2D eigenvalue weighted by molar-refractivity contribution is 0.0241. The summed E-state index contributed by atoms with van der Waals surface area (Å²) in [5.41, 5.74) is 0. The molecule has 1 rings (SSSR count). The van der Waals surface area contributed by atoms with Crippen LogP contribution >= 0.6 is 11.6 Å². The van der Waals surface area contributed by atoms with Crippen molar-refractivity contribution >= 4 is 11.6 Å². The quantitative estimate of drug-likeness (QED) is 0.652. The van der Waals surface area contributed by atoms with Gasteiger partial charge in [-0.25, -0.2) is 0 Å². The van der Waals surface area contributed by atoms with Gasteiger partial charge in [0.05, 0.1) is 19.3 Å². The van der Waals surface area contributed by atoms with E-state index in [9.17, 15) is 5.11 Å². The number of hydrogen-bond acceptors (Lipinski definition) is 4. The number of aliphatic hydroxyl groups is 1. The van der Waals surface area contributed by atoms with Gasteiger partial charge >= 0.3 is 0 Å². The van der Waals surface area contributed by atoms with E-state index >= 15 is 0 Å². The van der Waals surface area contributed by atoms with Crippen molar-refractivity contribution in [1.29, 1.82) is 0 Å². The third kappa shape index (κ3) is 7.70. The summed E-state index contributed by atoms with van der Waals surface area (Å²) in [7, 11) is 0. The van der Waals surface area contributed by atoms with Gasteiger partial charge in [-0.1, -0.05) is 18.5 Å². The van der Waals surface area contributed by atoms with Gasteiger partial charge in [0.15, 0.2) is 0 Å². The van der Waals surface area contributed by atoms with Crippen molar-refractivity contribution in [2.45, 2.75) is 32.4 Å². The Hall–Kier alpha value is -0.810. The minimum atomic E-state index is -0.487. The normalized spacial score (nSPS) is 14.0. The molecule has 1 aromatic carbocycles. The number of benzene rings is 1. The minimum absolute atomic E-state index is 0.313. The molecule has 0 spiro atoms. The number of halogens is 1. The lowest BCUT2D eigenvalue weighted by Crippen LogP contribution is -2.35. The third-order valence-corrected chi connectivity index (χ3v) is 3.19. The molecule has 0 fully saturated rings. The summed E-state index contributed by atoms with van der Waals surface area (Å²) in [5.74, 6) is 0.761. The summed E-state index contributed by atoms with van der Waals surface area (Å²) in [5, 5.41) is 13.6. The van der Waals surface area contributed by atoms with E-state index in [0.29, 0.717) is 37.4 Å². The number of ether oxygens (including phenoxy) is 2. The average Bonchev–Trinajstić information content (AvgIpc) is 2.46. The van der Waals surface area contributed by atoms with Crippen LogP contribution in [0.1, 0.15) is 20.3 Å². The molecule has 5 heteroatoms. The van der Waals surface area contributed by atoms with Gasteiger partial charge in [-0.05, 0) is 37.6 Å². The van der Waals surface area contributed by atoms with Gasteiger partial charge in [0, 0.05) is 17.6 Å². The molecule has 2 N–H and O–H groups in total. The predicted octanol–water partition coefficient (Wildman–Crippen LogP) is 2.48. The topological polar surface area (TPSA) is 50.7 Å². The zero-order valence-corrected chi connectivity index (χ0v) is 12.9. The van der Waals surface area contributed by atoms with E-state index in [1.807, 2.05) is 12.1 Å². The molecular weight excluding hydrogens is 278 g/mol. The SMILES string of the molecule is CC[C@@H](C)NC[C@@H](O)COCCOc1ccc(Cl)cc1.